The van der Waals surface area contributed by atoms with Crippen molar-refractivity contribution in [1.29, 1.82) is 0 Å². The van der Waals surface area contributed by atoms with Gasteiger partial charge in [-0.25, -0.2) is 4.79 Å². The number of amides is 2. The molecule has 41 heavy (non-hydrogen) atoms. The lowest BCUT2D eigenvalue weighted by molar-refractivity contribution is -0.128. The average molecular weight is 571 g/mol. The van der Waals surface area contributed by atoms with Crippen molar-refractivity contribution in [3.63, 3.8) is 0 Å². The van der Waals surface area contributed by atoms with Gasteiger partial charge in [0.2, 0.25) is 5.91 Å². The molecule has 6 atom stereocenters. The van der Waals surface area contributed by atoms with Crippen LogP contribution in [0.1, 0.15) is 107 Å². The van der Waals surface area contributed by atoms with E-state index in [0.29, 0.717) is 50.7 Å². The summed E-state index contributed by atoms with van der Waals surface area (Å²) in [6.07, 6.45) is 12.2. The Morgan fingerprint density at radius 3 is 2.32 bits per heavy atom. The fourth-order valence-electron chi connectivity index (χ4n) is 7.65. The van der Waals surface area contributed by atoms with E-state index in [4.69, 9.17) is 9.47 Å². The molecule has 1 aliphatic heterocycles. The van der Waals surface area contributed by atoms with Gasteiger partial charge in [0.1, 0.15) is 6.10 Å². The van der Waals surface area contributed by atoms with Gasteiger partial charge in [0, 0.05) is 18.8 Å². The van der Waals surface area contributed by atoms with E-state index >= 15 is 0 Å². The monoisotopic (exact) mass is 570 g/mol. The van der Waals surface area contributed by atoms with E-state index in [1.54, 1.807) is 0 Å². The maximum Gasteiger partial charge on any atom is 0.407 e. The molecule has 3 fully saturated rings. The highest BCUT2D eigenvalue weighted by atomic mass is 16.6. The molecule has 0 bridgehead atoms. The summed E-state index contributed by atoms with van der Waals surface area (Å²) in [6.45, 7) is 0.993. The molecule has 1 saturated heterocycles. The lowest BCUT2D eigenvalue weighted by Gasteiger charge is -2.33. The van der Waals surface area contributed by atoms with Crippen LogP contribution in [0, 0.1) is 17.8 Å². The van der Waals surface area contributed by atoms with E-state index < -0.39 is 36.3 Å². The number of hydrogen-bond donors (Lipinski definition) is 4. The molecule has 4 aliphatic rings. The second-order valence-corrected chi connectivity index (χ2v) is 13.1. The van der Waals surface area contributed by atoms with Gasteiger partial charge < -0.3 is 30.3 Å². The molecular weight excluding hydrogens is 520 g/mol. The molecule has 0 radical (unpaired) electrons. The van der Waals surface area contributed by atoms with Gasteiger partial charge in [-0.3, -0.25) is 4.79 Å². The number of carbonyl (C=O) groups excluding carboxylic acids is 2. The molecule has 2 saturated carbocycles. The Kier molecular flexibility index (Phi) is 11.0. The van der Waals surface area contributed by atoms with Crippen molar-refractivity contribution in [2.24, 2.45) is 17.8 Å². The standard InChI is InChI=1S/C33H50N2O6/c36-29(28(18-23-11-5-2-6-12-23)34-33(39)41-26-15-16-40-21-26)20-25(17-22-9-3-1-4-10-22)32(38)35-31-27-14-8-7-13-24(27)19-30(31)37/h7-8,13-14,22-23,25-26,28-31,36-37H,1-6,9-12,15-21H2,(H,34,39)(H,35,38)/t25-,26+,28+,29+,30-,31+/m1/s1. The molecule has 1 heterocycles. The zero-order valence-corrected chi connectivity index (χ0v) is 24.5. The smallest absolute Gasteiger partial charge is 0.407 e. The summed E-state index contributed by atoms with van der Waals surface area (Å²) < 4.78 is 10.9. The van der Waals surface area contributed by atoms with Crippen LogP contribution in [0.3, 0.4) is 0 Å². The van der Waals surface area contributed by atoms with Gasteiger partial charge in [-0.2, -0.15) is 0 Å². The quantitative estimate of drug-likeness (QED) is 0.299. The minimum absolute atomic E-state index is 0.113. The number of alkyl carbamates (subject to hydrolysis) is 1. The summed E-state index contributed by atoms with van der Waals surface area (Å²) >= 11 is 0. The van der Waals surface area contributed by atoms with Gasteiger partial charge in [0.05, 0.1) is 37.5 Å². The predicted octanol–water partition coefficient (Wildman–Crippen LogP) is 4.95. The third-order valence-electron chi connectivity index (χ3n) is 9.98. The topological polar surface area (TPSA) is 117 Å². The largest absolute Gasteiger partial charge is 0.444 e. The van der Waals surface area contributed by atoms with Gasteiger partial charge in [-0.15, -0.1) is 0 Å². The normalized spacial score (nSPS) is 27.5. The Morgan fingerprint density at radius 2 is 1.63 bits per heavy atom. The number of carbonyl (C=O) groups is 2. The number of rotatable bonds is 11. The molecular formula is C33H50N2O6. The maximum atomic E-state index is 13.9. The first-order valence-electron chi connectivity index (χ1n) is 16.3. The number of aliphatic hydroxyl groups is 2. The minimum Gasteiger partial charge on any atom is -0.444 e. The second-order valence-electron chi connectivity index (χ2n) is 13.1. The number of benzene rings is 1. The first kappa shape index (κ1) is 30.3. The van der Waals surface area contributed by atoms with Gasteiger partial charge in [-0.05, 0) is 42.2 Å². The van der Waals surface area contributed by atoms with E-state index in [1.807, 2.05) is 24.3 Å². The van der Waals surface area contributed by atoms with Crippen LogP contribution in [0.2, 0.25) is 0 Å². The van der Waals surface area contributed by atoms with Gasteiger partial charge in [0.15, 0.2) is 0 Å². The van der Waals surface area contributed by atoms with Crippen molar-refractivity contribution in [1.82, 2.24) is 10.6 Å². The summed E-state index contributed by atoms with van der Waals surface area (Å²) in [5.74, 6) is 0.374. The van der Waals surface area contributed by atoms with E-state index in [9.17, 15) is 19.8 Å². The summed E-state index contributed by atoms with van der Waals surface area (Å²) in [4.78, 5) is 26.7. The fraction of sp³-hybridized carbons (Fsp3) is 0.758. The summed E-state index contributed by atoms with van der Waals surface area (Å²) in [7, 11) is 0. The molecule has 3 aliphatic carbocycles. The van der Waals surface area contributed by atoms with Crippen LogP contribution in [0.15, 0.2) is 24.3 Å². The summed E-state index contributed by atoms with van der Waals surface area (Å²) in [6, 6.07) is 6.97. The molecule has 228 valence electrons. The molecule has 1 aromatic rings. The third-order valence-corrected chi connectivity index (χ3v) is 9.98. The molecule has 2 amide bonds. The molecule has 4 N–H and O–H groups in total. The number of aliphatic hydroxyl groups excluding tert-OH is 2. The van der Waals surface area contributed by atoms with Gasteiger partial charge >= 0.3 is 6.09 Å². The lowest BCUT2D eigenvalue weighted by atomic mass is 9.78. The van der Waals surface area contributed by atoms with Crippen molar-refractivity contribution in [3.05, 3.63) is 35.4 Å². The van der Waals surface area contributed by atoms with Crippen molar-refractivity contribution in [2.45, 2.75) is 127 Å². The van der Waals surface area contributed by atoms with Gasteiger partial charge in [-0.1, -0.05) is 88.5 Å². The number of ether oxygens (including phenoxy) is 2. The highest BCUT2D eigenvalue weighted by Crippen LogP contribution is 2.35. The Labute approximate surface area is 244 Å². The van der Waals surface area contributed by atoms with Crippen LogP contribution in [-0.4, -0.2) is 59.8 Å². The summed E-state index contributed by atoms with van der Waals surface area (Å²) in [5, 5.41) is 28.6. The van der Waals surface area contributed by atoms with Crippen molar-refractivity contribution >= 4 is 12.0 Å². The van der Waals surface area contributed by atoms with E-state index in [0.717, 1.165) is 36.8 Å². The van der Waals surface area contributed by atoms with Crippen LogP contribution >= 0.6 is 0 Å². The number of fused-ring (bicyclic) bond motifs is 1. The highest BCUT2D eigenvalue weighted by Gasteiger charge is 2.37. The van der Waals surface area contributed by atoms with Gasteiger partial charge in [0.25, 0.3) is 0 Å². The molecule has 0 aromatic heterocycles. The molecule has 1 aromatic carbocycles. The number of nitrogens with one attached hydrogen (secondary N) is 2. The molecule has 8 heteroatoms. The predicted molar refractivity (Wildman–Crippen MR) is 156 cm³/mol. The van der Waals surface area contributed by atoms with E-state index in [-0.39, 0.29) is 18.4 Å². The Bertz CT molecular complexity index is 986. The average Bonchev–Trinajstić information content (AvgIpc) is 3.60. The van der Waals surface area contributed by atoms with Crippen LogP contribution in [0.4, 0.5) is 4.79 Å². The Morgan fingerprint density at radius 1 is 0.951 bits per heavy atom. The van der Waals surface area contributed by atoms with E-state index in [1.165, 1.54) is 38.5 Å². The molecule has 5 rings (SSSR count). The Hall–Kier alpha value is -2.16. The van der Waals surface area contributed by atoms with Crippen LogP contribution in [-0.2, 0) is 20.7 Å². The lowest BCUT2D eigenvalue weighted by Crippen LogP contribution is -2.48. The Balaban J connectivity index is 1.28. The molecule has 0 unspecified atom stereocenters. The maximum absolute atomic E-state index is 13.9. The molecule has 0 spiro atoms. The van der Waals surface area contributed by atoms with E-state index in [2.05, 4.69) is 10.6 Å². The second kappa shape index (κ2) is 14.8. The zero-order chi connectivity index (χ0) is 28.6. The molecule has 8 nitrogen and oxygen atoms in total. The SMILES string of the molecule is O=C(N[C@@H](CC1CCCCC1)[C@@H](O)C[C@@H](CC1CCCCC1)C(=O)N[C@H]1c2ccccc2C[C@H]1O)O[C@H]1CCOC1. The van der Waals surface area contributed by atoms with Crippen molar-refractivity contribution in [2.75, 3.05) is 13.2 Å². The fourth-order valence-corrected chi connectivity index (χ4v) is 7.65. The highest BCUT2D eigenvalue weighted by molar-refractivity contribution is 5.79. The zero-order valence-electron chi connectivity index (χ0n) is 24.5. The minimum atomic E-state index is -0.871. The van der Waals surface area contributed by atoms with Crippen LogP contribution in [0.5, 0.6) is 0 Å². The van der Waals surface area contributed by atoms with Crippen molar-refractivity contribution < 1.29 is 29.3 Å². The van der Waals surface area contributed by atoms with Crippen LogP contribution < -0.4 is 10.6 Å². The summed E-state index contributed by atoms with van der Waals surface area (Å²) in [5.41, 5.74) is 2.04. The first-order valence-corrected chi connectivity index (χ1v) is 16.3. The first-order chi connectivity index (χ1) is 20.0. The van der Waals surface area contributed by atoms with Crippen molar-refractivity contribution in [3.8, 4) is 0 Å². The number of hydrogen-bond acceptors (Lipinski definition) is 6. The van der Waals surface area contributed by atoms with Crippen LogP contribution in [0.25, 0.3) is 0 Å². The third kappa shape index (κ3) is 8.45.